The molecule has 1 N–H and O–H groups in total. The van der Waals surface area contributed by atoms with Gasteiger partial charge in [-0.05, 0) is 36.3 Å². The molecule has 1 heterocycles. The number of aryl methyl sites for hydroxylation is 2. The van der Waals surface area contributed by atoms with E-state index in [2.05, 4.69) is 54.3 Å². The fraction of sp³-hybridized carbons (Fsp3) is 0.222. The largest absolute Gasteiger partial charge is 0.326 e. The molecule has 0 spiro atoms. The van der Waals surface area contributed by atoms with Crippen molar-refractivity contribution in [2.45, 2.75) is 20.3 Å². The molecule has 0 aliphatic carbocycles. The molecular weight excluding hydrogens is 260 g/mol. The van der Waals surface area contributed by atoms with Crippen LogP contribution in [-0.2, 0) is 18.3 Å². The number of anilines is 1. The Hall–Kier alpha value is -2.42. The number of amides is 1. The quantitative estimate of drug-likeness (QED) is 0.858. The Balaban J connectivity index is 2.12. The van der Waals surface area contributed by atoms with E-state index in [4.69, 9.17) is 0 Å². The first-order valence-electron chi connectivity index (χ1n) is 7.13. The average Bonchev–Trinajstić information content (AvgIpc) is 2.47. The number of hydrogen-bond donors (Lipinski definition) is 1. The molecule has 3 nitrogen and oxygen atoms in total. The van der Waals surface area contributed by atoms with Crippen molar-refractivity contribution >= 4 is 23.7 Å². The summed E-state index contributed by atoms with van der Waals surface area (Å²) in [5.74, 6) is -0.0543. The molecule has 1 amide bonds. The van der Waals surface area contributed by atoms with Crippen molar-refractivity contribution in [1.29, 1.82) is 0 Å². The second-order valence-electron chi connectivity index (χ2n) is 5.06. The molecule has 3 heteroatoms. The highest BCUT2D eigenvalue weighted by molar-refractivity contribution is 5.88. The van der Waals surface area contributed by atoms with Crippen LogP contribution in [0.3, 0.4) is 0 Å². The van der Waals surface area contributed by atoms with Crippen LogP contribution in [0.1, 0.15) is 30.7 Å². The Morgan fingerprint density at radius 2 is 1.86 bits per heavy atom. The van der Waals surface area contributed by atoms with Crippen molar-refractivity contribution in [2.75, 3.05) is 5.32 Å². The van der Waals surface area contributed by atoms with E-state index in [0.29, 0.717) is 0 Å². The lowest BCUT2D eigenvalue weighted by Gasteiger charge is -2.01. The van der Waals surface area contributed by atoms with Gasteiger partial charge in [-0.3, -0.25) is 4.79 Å². The Kier molecular flexibility index (Phi) is 4.88. The molecule has 0 saturated heterocycles. The number of nitrogens with zero attached hydrogens (tertiary/aromatic N) is 1. The lowest BCUT2D eigenvalue weighted by molar-refractivity contribution is -0.673. The van der Waals surface area contributed by atoms with Gasteiger partial charge in [-0.25, -0.2) is 4.57 Å². The highest BCUT2D eigenvalue weighted by Crippen LogP contribution is 2.12. The monoisotopic (exact) mass is 281 g/mol. The molecule has 0 radical (unpaired) electrons. The van der Waals surface area contributed by atoms with E-state index in [1.165, 1.54) is 12.5 Å². The van der Waals surface area contributed by atoms with Crippen LogP contribution < -0.4 is 9.88 Å². The van der Waals surface area contributed by atoms with Crippen LogP contribution in [0.4, 0.5) is 5.69 Å². The summed E-state index contributed by atoms with van der Waals surface area (Å²) in [6, 6.07) is 12.1. The number of hydrogen-bond acceptors (Lipinski definition) is 1. The van der Waals surface area contributed by atoms with E-state index < -0.39 is 0 Å². The van der Waals surface area contributed by atoms with Crippen molar-refractivity contribution < 1.29 is 9.36 Å². The Labute approximate surface area is 125 Å². The molecule has 1 aromatic heterocycles. The Morgan fingerprint density at radius 3 is 2.43 bits per heavy atom. The molecule has 2 aromatic rings. The Morgan fingerprint density at radius 1 is 1.14 bits per heavy atom. The molecule has 0 aliphatic heterocycles. The molecule has 2 rings (SSSR count). The van der Waals surface area contributed by atoms with Gasteiger partial charge in [0, 0.05) is 30.3 Å². The van der Waals surface area contributed by atoms with Gasteiger partial charge in [-0.15, -0.1) is 0 Å². The van der Waals surface area contributed by atoms with Gasteiger partial charge in [0.05, 0.1) is 0 Å². The summed E-state index contributed by atoms with van der Waals surface area (Å²) in [6.45, 7) is 3.66. The zero-order valence-electron chi connectivity index (χ0n) is 12.8. The van der Waals surface area contributed by atoms with Gasteiger partial charge >= 0.3 is 0 Å². The summed E-state index contributed by atoms with van der Waals surface area (Å²) in [4.78, 5) is 11.0. The summed E-state index contributed by atoms with van der Waals surface area (Å²) >= 11 is 0. The molecule has 1 aromatic carbocycles. The number of pyridine rings is 1. The van der Waals surface area contributed by atoms with Gasteiger partial charge in [0.15, 0.2) is 6.20 Å². The predicted octanol–water partition coefficient (Wildman–Crippen LogP) is 3.20. The van der Waals surface area contributed by atoms with E-state index >= 15 is 0 Å². The lowest BCUT2D eigenvalue weighted by atomic mass is 10.1. The normalized spacial score (nSPS) is 10.8. The number of nitrogens with one attached hydrogen (secondary N) is 1. The second-order valence-corrected chi connectivity index (χ2v) is 5.06. The van der Waals surface area contributed by atoms with Gasteiger partial charge < -0.3 is 5.32 Å². The minimum Gasteiger partial charge on any atom is -0.326 e. The van der Waals surface area contributed by atoms with Crippen LogP contribution in [0.15, 0.2) is 42.6 Å². The zero-order valence-corrected chi connectivity index (χ0v) is 12.8. The fourth-order valence-corrected chi connectivity index (χ4v) is 2.12. The van der Waals surface area contributed by atoms with Crippen molar-refractivity contribution in [1.82, 2.24) is 0 Å². The highest BCUT2D eigenvalue weighted by Gasteiger charge is 2.03. The molecular formula is C18H21N2O+. The minimum absolute atomic E-state index is 0.0543. The first kappa shape index (κ1) is 15.0. The van der Waals surface area contributed by atoms with Gasteiger partial charge in [-0.1, -0.05) is 19.1 Å². The van der Waals surface area contributed by atoms with E-state index in [0.717, 1.165) is 23.4 Å². The maximum Gasteiger partial charge on any atom is 0.221 e. The summed E-state index contributed by atoms with van der Waals surface area (Å²) < 4.78 is 2.13. The number of aromatic nitrogens is 1. The van der Waals surface area contributed by atoms with Crippen LogP contribution in [0.5, 0.6) is 0 Å². The number of carbonyl (C=O) groups is 1. The van der Waals surface area contributed by atoms with Crippen LogP contribution in [0, 0.1) is 0 Å². The minimum atomic E-state index is -0.0543. The zero-order chi connectivity index (χ0) is 15.2. The summed E-state index contributed by atoms with van der Waals surface area (Å²) in [7, 11) is 2.05. The third kappa shape index (κ3) is 4.28. The third-order valence-electron chi connectivity index (χ3n) is 3.32. The molecule has 21 heavy (non-hydrogen) atoms. The predicted molar refractivity (Wildman–Crippen MR) is 86.7 cm³/mol. The molecule has 0 bridgehead atoms. The lowest BCUT2D eigenvalue weighted by Crippen LogP contribution is -2.31. The average molecular weight is 281 g/mol. The maximum atomic E-state index is 11.0. The molecule has 0 fully saturated rings. The van der Waals surface area contributed by atoms with Crippen LogP contribution in [0.2, 0.25) is 0 Å². The van der Waals surface area contributed by atoms with Gasteiger partial charge in [0.25, 0.3) is 0 Å². The van der Waals surface area contributed by atoms with Crippen molar-refractivity contribution in [3.05, 3.63) is 59.4 Å². The highest BCUT2D eigenvalue weighted by atomic mass is 16.1. The van der Waals surface area contributed by atoms with E-state index in [1.54, 1.807) is 0 Å². The standard InChI is InChI=1S/C18H20N2O/c1-4-15-7-11-18(20(3)13-15)12-8-16-5-9-17(10-6-16)19-14(2)21/h5-13H,4H2,1-3H3/p+1. The van der Waals surface area contributed by atoms with Gasteiger partial charge in [0.2, 0.25) is 11.6 Å². The fourth-order valence-electron chi connectivity index (χ4n) is 2.12. The first-order chi connectivity index (χ1) is 10.1. The summed E-state index contributed by atoms with van der Waals surface area (Å²) in [5.41, 5.74) is 4.40. The second kappa shape index (κ2) is 6.84. The van der Waals surface area contributed by atoms with Crippen LogP contribution in [0.25, 0.3) is 12.2 Å². The summed E-state index contributed by atoms with van der Waals surface area (Å²) in [6.07, 6.45) is 7.35. The maximum absolute atomic E-state index is 11.0. The first-order valence-corrected chi connectivity index (χ1v) is 7.13. The Bertz CT molecular complexity index is 657. The molecule has 0 unspecified atom stereocenters. The molecule has 0 aliphatic rings. The van der Waals surface area contributed by atoms with Crippen molar-refractivity contribution in [3.8, 4) is 0 Å². The van der Waals surface area contributed by atoms with Gasteiger partial charge in [0.1, 0.15) is 7.05 Å². The smallest absolute Gasteiger partial charge is 0.221 e. The SMILES string of the molecule is CCc1ccc(C=Cc2ccc(NC(C)=O)cc2)[n+](C)c1. The van der Waals surface area contributed by atoms with Crippen molar-refractivity contribution in [2.24, 2.45) is 7.05 Å². The number of carbonyl (C=O) groups excluding carboxylic acids is 1. The van der Waals surface area contributed by atoms with Crippen LogP contribution >= 0.6 is 0 Å². The van der Waals surface area contributed by atoms with E-state index in [1.807, 2.05) is 24.3 Å². The van der Waals surface area contributed by atoms with Crippen LogP contribution in [-0.4, -0.2) is 5.91 Å². The van der Waals surface area contributed by atoms with Gasteiger partial charge in [-0.2, -0.15) is 0 Å². The third-order valence-corrected chi connectivity index (χ3v) is 3.32. The molecule has 0 saturated carbocycles. The molecule has 108 valence electrons. The van der Waals surface area contributed by atoms with Crippen molar-refractivity contribution in [3.63, 3.8) is 0 Å². The summed E-state index contributed by atoms with van der Waals surface area (Å²) in [5, 5.41) is 2.76. The molecule has 0 atom stereocenters. The van der Waals surface area contributed by atoms with E-state index in [-0.39, 0.29) is 5.91 Å². The number of rotatable bonds is 4. The van der Waals surface area contributed by atoms with E-state index in [9.17, 15) is 4.79 Å². The topological polar surface area (TPSA) is 33.0 Å². The number of benzene rings is 1.